The van der Waals surface area contributed by atoms with Gasteiger partial charge < -0.3 is 5.32 Å². The minimum atomic E-state index is 1.13. The van der Waals surface area contributed by atoms with Crippen molar-refractivity contribution in [2.75, 3.05) is 19.3 Å². The Morgan fingerprint density at radius 2 is 1.93 bits per heavy atom. The topological polar surface area (TPSA) is 12.0 Å². The predicted molar refractivity (Wildman–Crippen MR) is 69.8 cm³/mol. The fraction of sp³-hybridized carbons (Fsp3) is 0.538. The van der Waals surface area contributed by atoms with Gasteiger partial charge >= 0.3 is 0 Å². The van der Waals surface area contributed by atoms with Gasteiger partial charge in [0, 0.05) is 4.90 Å². The summed E-state index contributed by atoms with van der Waals surface area (Å²) in [6.07, 6.45) is 2.56. The molecule has 0 radical (unpaired) electrons. The maximum absolute atomic E-state index is 3.17. The molecule has 1 aromatic carbocycles. The van der Waals surface area contributed by atoms with E-state index in [1.165, 1.54) is 34.6 Å². The standard InChI is InChI=1S/C13H21NS/c1-11-6-7-13(10-12(11)2)15-9-5-4-8-14-3/h6-7,10,14H,4-5,8-9H2,1-3H3. The lowest BCUT2D eigenvalue weighted by Gasteiger charge is -2.05. The Kier molecular flexibility index (Phi) is 5.81. The minimum absolute atomic E-state index is 1.13. The molecular weight excluding hydrogens is 202 g/mol. The molecule has 0 saturated carbocycles. The highest BCUT2D eigenvalue weighted by Crippen LogP contribution is 2.21. The second-order valence-corrected chi connectivity index (χ2v) is 5.07. The van der Waals surface area contributed by atoms with Crippen LogP contribution in [0, 0.1) is 13.8 Å². The number of thioether (sulfide) groups is 1. The first-order valence-electron chi connectivity index (χ1n) is 5.58. The Labute approximate surface area is 97.7 Å². The van der Waals surface area contributed by atoms with E-state index in [1.54, 1.807) is 0 Å². The lowest BCUT2D eigenvalue weighted by Crippen LogP contribution is -2.07. The molecule has 0 aliphatic heterocycles. The summed E-state index contributed by atoms with van der Waals surface area (Å²) in [6, 6.07) is 6.73. The molecule has 15 heavy (non-hydrogen) atoms. The lowest BCUT2D eigenvalue weighted by molar-refractivity contribution is 0.715. The molecule has 2 heteroatoms. The van der Waals surface area contributed by atoms with E-state index in [9.17, 15) is 0 Å². The summed E-state index contributed by atoms with van der Waals surface area (Å²) in [5.41, 5.74) is 2.78. The molecule has 0 atom stereocenters. The van der Waals surface area contributed by atoms with E-state index in [0.717, 1.165) is 6.54 Å². The largest absolute Gasteiger partial charge is 0.320 e. The van der Waals surface area contributed by atoms with Crippen molar-refractivity contribution in [3.63, 3.8) is 0 Å². The Hall–Kier alpha value is -0.470. The monoisotopic (exact) mass is 223 g/mol. The zero-order valence-electron chi connectivity index (χ0n) is 9.97. The van der Waals surface area contributed by atoms with Gasteiger partial charge in [0.25, 0.3) is 0 Å². The maximum atomic E-state index is 3.17. The van der Waals surface area contributed by atoms with Gasteiger partial charge in [-0.2, -0.15) is 0 Å². The molecular formula is C13H21NS. The molecule has 1 N–H and O–H groups in total. The van der Waals surface area contributed by atoms with Crippen molar-refractivity contribution in [2.45, 2.75) is 31.6 Å². The van der Waals surface area contributed by atoms with Crippen LogP contribution in [-0.4, -0.2) is 19.3 Å². The third kappa shape index (κ3) is 4.72. The van der Waals surface area contributed by atoms with Crippen molar-refractivity contribution in [1.82, 2.24) is 5.32 Å². The molecule has 0 spiro atoms. The van der Waals surface area contributed by atoms with Crippen LogP contribution in [0.1, 0.15) is 24.0 Å². The highest BCUT2D eigenvalue weighted by molar-refractivity contribution is 7.99. The van der Waals surface area contributed by atoms with Crippen molar-refractivity contribution in [3.8, 4) is 0 Å². The van der Waals surface area contributed by atoms with E-state index in [1.807, 2.05) is 18.8 Å². The van der Waals surface area contributed by atoms with Crippen molar-refractivity contribution >= 4 is 11.8 Å². The summed E-state index contributed by atoms with van der Waals surface area (Å²) in [5, 5.41) is 3.17. The van der Waals surface area contributed by atoms with Gasteiger partial charge in [0.1, 0.15) is 0 Å². The smallest absolute Gasteiger partial charge is 0.00747 e. The predicted octanol–water partition coefficient (Wildman–Crippen LogP) is 3.40. The van der Waals surface area contributed by atoms with Crippen LogP contribution in [0.15, 0.2) is 23.1 Å². The van der Waals surface area contributed by atoms with Crippen LogP contribution in [-0.2, 0) is 0 Å². The summed E-state index contributed by atoms with van der Waals surface area (Å²) in [6.45, 7) is 5.48. The number of hydrogen-bond donors (Lipinski definition) is 1. The molecule has 0 bridgehead atoms. The number of nitrogens with one attached hydrogen (secondary N) is 1. The molecule has 0 fully saturated rings. The molecule has 1 aromatic rings. The van der Waals surface area contributed by atoms with Gasteiger partial charge in [-0.1, -0.05) is 6.07 Å². The van der Waals surface area contributed by atoms with E-state index in [0.29, 0.717) is 0 Å². The van der Waals surface area contributed by atoms with Gasteiger partial charge in [0.2, 0.25) is 0 Å². The Bertz CT molecular complexity index is 297. The van der Waals surface area contributed by atoms with Gasteiger partial charge in [-0.25, -0.2) is 0 Å². The van der Waals surface area contributed by atoms with Crippen LogP contribution < -0.4 is 5.32 Å². The Balaban J connectivity index is 2.28. The molecule has 1 nitrogen and oxygen atoms in total. The number of unbranched alkanes of at least 4 members (excludes halogenated alkanes) is 1. The first kappa shape index (κ1) is 12.6. The fourth-order valence-electron chi connectivity index (χ4n) is 1.40. The summed E-state index contributed by atoms with van der Waals surface area (Å²) < 4.78 is 0. The highest BCUT2D eigenvalue weighted by Gasteiger charge is 1.97. The zero-order valence-corrected chi connectivity index (χ0v) is 10.8. The zero-order chi connectivity index (χ0) is 11.1. The van der Waals surface area contributed by atoms with Crippen LogP contribution in [0.4, 0.5) is 0 Å². The molecule has 0 saturated heterocycles. The quantitative estimate of drug-likeness (QED) is 0.586. The third-order valence-electron chi connectivity index (χ3n) is 2.57. The fourth-order valence-corrected chi connectivity index (χ4v) is 2.41. The first-order chi connectivity index (χ1) is 7.24. The van der Waals surface area contributed by atoms with Crippen LogP contribution in [0.5, 0.6) is 0 Å². The third-order valence-corrected chi connectivity index (χ3v) is 3.65. The second-order valence-electron chi connectivity index (χ2n) is 3.91. The molecule has 0 amide bonds. The molecule has 1 rings (SSSR count). The maximum Gasteiger partial charge on any atom is 0.00747 e. The molecule has 0 aliphatic rings. The molecule has 0 aromatic heterocycles. The van der Waals surface area contributed by atoms with Crippen molar-refractivity contribution in [3.05, 3.63) is 29.3 Å². The SMILES string of the molecule is CNCCCCSc1ccc(C)c(C)c1. The van der Waals surface area contributed by atoms with E-state index in [4.69, 9.17) is 0 Å². The normalized spacial score (nSPS) is 10.6. The summed E-state index contributed by atoms with van der Waals surface area (Å²) in [5.74, 6) is 1.23. The van der Waals surface area contributed by atoms with E-state index >= 15 is 0 Å². The van der Waals surface area contributed by atoms with Crippen LogP contribution in [0.2, 0.25) is 0 Å². The van der Waals surface area contributed by atoms with E-state index in [2.05, 4.69) is 37.4 Å². The Morgan fingerprint density at radius 3 is 2.60 bits per heavy atom. The van der Waals surface area contributed by atoms with Gasteiger partial charge in [0.15, 0.2) is 0 Å². The van der Waals surface area contributed by atoms with E-state index < -0.39 is 0 Å². The number of rotatable bonds is 6. The van der Waals surface area contributed by atoms with Crippen molar-refractivity contribution in [1.29, 1.82) is 0 Å². The van der Waals surface area contributed by atoms with Crippen molar-refractivity contribution in [2.24, 2.45) is 0 Å². The molecule has 0 heterocycles. The van der Waals surface area contributed by atoms with Crippen LogP contribution in [0.3, 0.4) is 0 Å². The first-order valence-corrected chi connectivity index (χ1v) is 6.57. The van der Waals surface area contributed by atoms with Gasteiger partial charge in [-0.3, -0.25) is 0 Å². The summed E-state index contributed by atoms with van der Waals surface area (Å²) in [4.78, 5) is 1.41. The lowest BCUT2D eigenvalue weighted by atomic mass is 10.1. The summed E-state index contributed by atoms with van der Waals surface area (Å²) in [7, 11) is 2.01. The molecule has 84 valence electrons. The minimum Gasteiger partial charge on any atom is -0.320 e. The molecule has 0 unspecified atom stereocenters. The summed E-state index contributed by atoms with van der Waals surface area (Å²) >= 11 is 1.97. The highest BCUT2D eigenvalue weighted by atomic mass is 32.2. The average molecular weight is 223 g/mol. The van der Waals surface area contributed by atoms with E-state index in [-0.39, 0.29) is 0 Å². The van der Waals surface area contributed by atoms with Gasteiger partial charge in [-0.15, -0.1) is 11.8 Å². The number of hydrogen-bond acceptors (Lipinski definition) is 2. The average Bonchev–Trinajstić information content (AvgIpc) is 2.23. The number of benzene rings is 1. The van der Waals surface area contributed by atoms with Gasteiger partial charge in [0.05, 0.1) is 0 Å². The number of aryl methyl sites for hydroxylation is 2. The Morgan fingerprint density at radius 1 is 1.13 bits per heavy atom. The van der Waals surface area contributed by atoms with Crippen LogP contribution >= 0.6 is 11.8 Å². The van der Waals surface area contributed by atoms with Crippen molar-refractivity contribution < 1.29 is 0 Å². The van der Waals surface area contributed by atoms with Gasteiger partial charge in [-0.05, 0) is 69.3 Å². The van der Waals surface area contributed by atoms with Crippen LogP contribution in [0.25, 0.3) is 0 Å². The second kappa shape index (κ2) is 6.91. The molecule has 0 aliphatic carbocycles.